The van der Waals surface area contributed by atoms with Crippen LogP contribution < -0.4 is 5.32 Å². The second kappa shape index (κ2) is 6.28. The lowest BCUT2D eigenvalue weighted by Gasteiger charge is -2.06. The number of nitrogens with one attached hydrogen (secondary N) is 1. The van der Waals surface area contributed by atoms with E-state index in [9.17, 15) is 0 Å². The van der Waals surface area contributed by atoms with Gasteiger partial charge in [-0.15, -0.1) is 0 Å². The van der Waals surface area contributed by atoms with E-state index < -0.39 is 0 Å². The Morgan fingerprint density at radius 3 is 2.90 bits per heavy atom. The lowest BCUT2D eigenvalue weighted by atomic mass is 10.2. The molecule has 5 heteroatoms. The van der Waals surface area contributed by atoms with E-state index in [2.05, 4.69) is 35.2 Å². The summed E-state index contributed by atoms with van der Waals surface area (Å²) < 4.78 is 5.72. The van der Waals surface area contributed by atoms with E-state index in [1.165, 1.54) is 17.3 Å². The lowest BCUT2D eigenvalue weighted by molar-refractivity contribution is 0.489. The van der Waals surface area contributed by atoms with Crippen LogP contribution in [0.1, 0.15) is 18.1 Å². The van der Waals surface area contributed by atoms with Crippen molar-refractivity contribution in [3.63, 3.8) is 0 Å². The molecule has 3 rings (SSSR count). The van der Waals surface area contributed by atoms with E-state index in [4.69, 9.17) is 4.42 Å². The second-order valence-corrected chi connectivity index (χ2v) is 5.74. The molecule has 21 heavy (non-hydrogen) atoms. The van der Waals surface area contributed by atoms with Crippen LogP contribution in [-0.4, -0.2) is 16.5 Å². The summed E-state index contributed by atoms with van der Waals surface area (Å²) in [5, 5.41) is 4.86. The highest BCUT2D eigenvalue weighted by Crippen LogP contribution is 2.30. The monoisotopic (exact) mass is 299 g/mol. The first-order chi connectivity index (χ1) is 10.3. The predicted octanol–water partition coefficient (Wildman–Crippen LogP) is 3.79. The molecule has 0 aliphatic carbocycles. The van der Waals surface area contributed by atoms with Crippen LogP contribution in [0, 0.1) is 6.92 Å². The van der Waals surface area contributed by atoms with Gasteiger partial charge in [0.25, 0.3) is 5.22 Å². The van der Waals surface area contributed by atoms with Gasteiger partial charge in [-0.3, -0.25) is 0 Å². The normalized spacial score (nSPS) is 11.1. The van der Waals surface area contributed by atoms with Crippen molar-refractivity contribution in [2.45, 2.75) is 30.6 Å². The van der Waals surface area contributed by atoms with Crippen LogP contribution in [0.3, 0.4) is 0 Å². The predicted molar refractivity (Wildman–Crippen MR) is 84.5 cm³/mol. The van der Waals surface area contributed by atoms with Crippen molar-refractivity contribution in [1.82, 2.24) is 15.3 Å². The molecule has 0 amide bonds. The summed E-state index contributed by atoms with van der Waals surface area (Å²) in [5.74, 6) is 0. The lowest BCUT2D eigenvalue weighted by Crippen LogP contribution is -2.12. The molecule has 1 N–H and O–H groups in total. The van der Waals surface area contributed by atoms with Gasteiger partial charge in [0, 0.05) is 12.7 Å². The summed E-state index contributed by atoms with van der Waals surface area (Å²) in [6.45, 7) is 5.96. The van der Waals surface area contributed by atoms with Gasteiger partial charge in [0.1, 0.15) is 10.5 Å². The molecule has 108 valence electrons. The van der Waals surface area contributed by atoms with Gasteiger partial charge in [-0.05, 0) is 48.5 Å². The Kier molecular flexibility index (Phi) is 4.22. The number of hydrogen-bond acceptors (Lipinski definition) is 5. The molecule has 0 radical (unpaired) electrons. The van der Waals surface area contributed by atoms with Crippen molar-refractivity contribution < 1.29 is 4.42 Å². The summed E-state index contributed by atoms with van der Waals surface area (Å²) in [7, 11) is 0. The number of para-hydroxylation sites is 2. The molecule has 0 fully saturated rings. The van der Waals surface area contributed by atoms with Crippen LogP contribution >= 0.6 is 11.8 Å². The van der Waals surface area contributed by atoms with Gasteiger partial charge < -0.3 is 9.73 Å². The molecule has 0 aliphatic heterocycles. The van der Waals surface area contributed by atoms with Crippen molar-refractivity contribution in [2.75, 3.05) is 6.54 Å². The molecule has 0 atom stereocenters. The summed E-state index contributed by atoms with van der Waals surface area (Å²) in [5.41, 5.74) is 4.01. The van der Waals surface area contributed by atoms with Crippen molar-refractivity contribution in [1.29, 1.82) is 0 Å². The Morgan fingerprint density at radius 1 is 1.29 bits per heavy atom. The molecular formula is C16H17N3OS. The number of oxazole rings is 1. The standard InChI is InChI=1S/C16H17N3OS/c1-3-17-9-12-8-11(2)15(18-10-12)21-16-19-13-6-4-5-7-14(13)20-16/h4-8,10,17H,3,9H2,1-2H3. The van der Waals surface area contributed by atoms with Crippen molar-refractivity contribution in [3.05, 3.63) is 47.7 Å². The molecular weight excluding hydrogens is 282 g/mol. The van der Waals surface area contributed by atoms with Crippen molar-refractivity contribution in [2.24, 2.45) is 0 Å². The average Bonchev–Trinajstić information content (AvgIpc) is 2.90. The average molecular weight is 299 g/mol. The van der Waals surface area contributed by atoms with Crippen LogP contribution in [0.25, 0.3) is 11.1 Å². The minimum absolute atomic E-state index is 0.631. The first-order valence-corrected chi connectivity index (χ1v) is 7.77. The topological polar surface area (TPSA) is 51.0 Å². The smallest absolute Gasteiger partial charge is 0.263 e. The number of hydrogen-bond donors (Lipinski definition) is 1. The van der Waals surface area contributed by atoms with Crippen LogP contribution in [0.2, 0.25) is 0 Å². The number of fused-ring (bicyclic) bond motifs is 1. The number of aryl methyl sites for hydroxylation is 1. The van der Waals surface area contributed by atoms with Crippen molar-refractivity contribution >= 4 is 22.9 Å². The molecule has 4 nitrogen and oxygen atoms in total. The minimum Gasteiger partial charge on any atom is -0.431 e. The van der Waals surface area contributed by atoms with Gasteiger partial charge in [0.15, 0.2) is 5.58 Å². The van der Waals surface area contributed by atoms with Crippen LogP contribution in [0.4, 0.5) is 0 Å². The largest absolute Gasteiger partial charge is 0.431 e. The van der Waals surface area contributed by atoms with Gasteiger partial charge in [0.05, 0.1) is 0 Å². The van der Waals surface area contributed by atoms with Gasteiger partial charge in [-0.25, -0.2) is 9.97 Å². The zero-order valence-corrected chi connectivity index (χ0v) is 12.9. The van der Waals surface area contributed by atoms with Crippen molar-refractivity contribution in [3.8, 4) is 0 Å². The van der Waals surface area contributed by atoms with E-state index in [0.717, 1.165) is 34.8 Å². The summed E-state index contributed by atoms with van der Waals surface area (Å²) in [6.07, 6.45) is 1.90. The third kappa shape index (κ3) is 3.25. The molecule has 2 aromatic heterocycles. The maximum atomic E-state index is 5.72. The zero-order valence-electron chi connectivity index (χ0n) is 12.1. The van der Waals surface area contributed by atoms with Crippen LogP contribution in [0.15, 0.2) is 51.2 Å². The fourth-order valence-corrected chi connectivity index (χ4v) is 2.84. The quantitative estimate of drug-likeness (QED) is 0.776. The Labute approximate surface area is 128 Å². The highest BCUT2D eigenvalue weighted by Gasteiger charge is 2.10. The highest BCUT2D eigenvalue weighted by molar-refractivity contribution is 7.99. The maximum Gasteiger partial charge on any atom is 0.263 e. The van der Waals surface area contributed by atoms with Crippen LogP contribution in [-0.2, 0) is 6.54 Å². The second-order valence-electron chi connectivity index (χ2n) is 4.80. The maximum absolute atomic E-state index is 5.72. The molecule has 0 saturated heterocycles. The fourth-order valence-electron chi connectivity index (χ4n) is 2.07. The Hall–Kier alpha value is -1.85. The number of nitrogens with zero attached hydrogens (tertiary/aromatic N) is 2. The van der Waals surface area contributed by atoms with Gasteiger partial charge in [0.2, 0.25) is 0 Å². The summed E-state index contributed by atoms with van der Waals surface area (Å²) in [4.78, 5) is 8.98. The molecule has 0 unspecified atom stereocenters. The van der Waals surface area contributed by atoms with E-state index in [0.29, 0.717) is 5.22 Å². The Balaban J connectivity index is 1.80. The van der Waals surface area contributed by atoms with E-state index in [1.54, 1.807) is 0 Å². The SMILES string of the molecule is CCNCc1cnc(Sc2nc3ccccc3o2)c(C)c1. The number of pyridine rings is 1. The minimum atomic E-state index is 0.631. The Bertz CT molecular complexity index is 721. The molecule has 2 heterocycles. The van der Waals surface area contributed by atoms with Gasteiger partial charge in [-0.2, -0.15) is 0 Å². The molecule has 1 aromatic carbocycles. The molecule has 3 aromatic rings. The summed E-state index contributed by atoms with van der Waals surface area (Å²) >= 11 is 1.46. The number of aromatic nitrogens is 2. The first-order valence-electron chi connectivity index (χ1n) is 6.96. The van der Waals surface area contributed by atoms with Gasteiger partial charge >= 0.3 is 0 Å². The summed E-state index contributed by atoms with van der Waals surface area (Å²) in [6, 6.07) is 9.93. The van der Waals surface area contributed by atoms with E-state index in [-0.39, 0.29) is 0 Å². The van der Waals surface area contributed by atoms with E-state index >= 15 is 0 Å². The molecule has 0 spiro atoms. The molecule has 0 aliphatic rings. The zero-order chi connectivity index (χ0) is 14.7. The number of rotatable bonds is 5. The van der Waals surface area contributed by atoms with Crippen LogP contribution in [0.5, 0.6) is 0 Å². The van der Waals surface area contributed by atoms with Gasteiger partial charge in [-0.1, -0.05) is 25.1 Å². The highest BCUT2D eigenvalue weighted by atomic mass is 32.2. The number of benzene rings is 1. The molecule has 0 bridgehead atoms. The first kappa shape index (κ1) is 14.1. The fraction of sp³-hybridized carbons (Fsp3) is 0.250. The van der Waals surface area contributed by atoms with E-state index in [1.807, 2.05) is 30.5 Å². The Morgan fingerprint density at radius 2 is 2.14 bits per heavy atom. The third-order valence-corrected chi connectivity index (χ3v) is 4.09. The molecule has 0 saturated carbocycles. The third-order valence-electron chi connectivity index (χ3n) is 3.12.